The molecule has 0 aliphatic rings. The van der Waals surface area contributed by atoms with Crippen LogP contribution in [0.25, 0.3) is 6.08 Å². The summed E-state index contributed by atoms with van der Waals surface area (Å²) in [7, 11) is 0. The number of amides is 1. The van der Waals surface area contributed by atoms with Gasteiger partial charge in [0.25, 0.3) is 0 Å². The maximum absolute atomic E-state index is 11.7. The molecule has 1 heterocycles. The summed E-state index contributed by atoms with van der Waals surface area (Å²) in [6, 6.07) is 7.39. The van der Waals surface area contributed by atoms with Gasteiger partial charge in [0.2, 0.25) is 5.91 Å². The molecule has 1 amide bonds. The maximum Gasteiger partial charge on any atom is 0.248 e. The topological polar surface area (TPSA) is 54.9 Å². The van der Waals surface area contributed by atoms with Gasteiger partial charge in [0.15, 0.2) is 5.16 Å². The molecule has 2 aromatic rings. The van der Waals surface area contributed by atoms with E-state index in [1.165, 1.54) is 17.8 Å². The highest BCUT2D eigenvalue weighted by molar-refractivity contribution is 9.10. The van der Waals surface area contributed by atoms with Crippen LogP contribution < -0.4 is 5.32 Å². The third-order valence-corrected chi connectivity index (χ3v) is 3.47. The van der Waals surface area contributed by atoms with Crippen LogP contribution in [0.2, 0.25) is 0 Å². The Balaban J connectivity index is 1.96. The number of rotatable bonds is 4. The molecule has 0 fully saturated rings. The van der Waals surface area contributed by atoms with Crippen molar-refractivity contribution in [1.82, 2.24) is 9.97 Å². The van der Waals surface area contributed by atoms with E-state index >= 15 is 0 Å². The Morgan fingerprint density at radius 2 is 1.90 bits per heavy atom. The number of carbonyl (C=O) groups excluding carboxylic acids is 1. The smallest absolute Gasteiger partial charge is 0.248 e. The van der Waals surface area contributed by atoms with Crippen molar-refractivity contribution >= 4 is 45.4 Å². The largest absolute Gasteiger partial charge is 0.323 e. The fourth-order valence-corrected chi connectivity index (χ4v) is 1.99. The second-order valence-electron chi connectivity index (χ2n) is 3.83. The van der Waals surface area contributed by atoms with Crippen LogP contribution >= 0.6 is 27.7 Å². The van der Waals surface area contributed by atoms with Crippen molar-refractivity contribution < 1.29 is 4.79 Å². The van der Waals surface area contributed by atoms with Crippen LogP contribution in [-0.4, -0.2) is 22.1 Å². The van der Waals surface area contributed by atoms with Gasteiger partial charge in [0, 0.05) is 34.2 Å². The van der Waals surface area contributed by atoms with Gasteiger partial charge < -0.3 is 5.32 Å². The van der Waals surface area contributed by atoms with Crippen molar-refractivity contribution in [3.05, 3.63) is 52.8 Å². The van der Waals surface area contributed by atoms with Gasteiger partial charge in [0.1, 0.15) is 0 Å². The quantitative estimate of drug-likeness (QED) is 0.520. The van der Waals surface area contributed by atoms with Gasteiger partial charge in [-0.1, -0.05) is 27.7 Å². The molecule has 0 spiro atoms. The minimum Gasteiger partial charge on any atom is -0.323 e. The third-order valence-electron chi connectivity index (χ3n) is 2.37. The molecule has 0 aliphatic heterocycles. The lowest BCUT2D eigenvalue weighted by Crippen LogP contribution is -2.07. The van der Waals surface area contributed by atoms with E-state index in [0.717, 1.165) is 15.7 Å². The van der Waals surface area contributed by atoms with E-state index in [1.54, 1.807) is 18.5 Å². The third kappa shape index (κ3) is 4.47. The molecule has 0 saturated heterocycles. The Bertz CT molecular complexity index is 611. The van der Waals surface area contributed by atoms with E-state index in [4.69, 9.17) is 0 Å². The van der Waals surface area contributed by atoms with Gasteiger partial charge in [-0.25, -0.2) is 9.97 Å². The summed E-state index contributed by atoms with van der Waals surface area (Å²) in [6.07, 6.45) is 8.42. The first kappa shape index (κ1) is 14.7. The molecule has 0 unspecified atom stereocenters. The number of anilines is 1. The average Bonchev–Trinajstić information content (AvgIpc) is 2.48. The van der Waals surface area contributed by atoms with Crippen molar-refractivity contribution in [2.75, 3.05) is 11.6 Å². The van der Waals surface area contributed by atoms with E-state index in [0.29, 0.717) is 5.16 Å². The van der Waals surface area contributed by atoms with Crippen LogP contribution in [0.5, 0.6) is 0 Å². The van der Waals surface area contributed by atoms with E-state index in [-0.39, 0.29) is 5.91 Å². The number of hydrogen-bond acceptors (Lipinski definition) is 4. The normalized spacial score (nSPS) is 10.7. The SMILES string of the molecule is CSc1ncc(/C=C/C(=O)Nc2ccc(Br)cc2)cn1. The van der Waals surface area contributed by atoms with Crippen LogP contribution in [0.15, 0.2) is 52.4 Å². The minimum absolute atomic E-state index is 0.193. The Morgan fingerprint density at radius 1 is 1.25 bits per heavy atom. The van der Waals surface area contributed by atoms with Crippen molar-refractivity contribution in [2.45, 2.75) is 5.16 Å². The van der Waals surface area contributed by atoms with E-state index in [9.17, 15) is 4.79 Å². The number of carbonyl (C=O) groups is 1. The standard InChI is InChI=1S/C14H12BrN3OS/c1-20-14-16-8-10(9-17-14)2-7-13(19)18-12-5-3-11(15)4-6-12/h2-9H,1H3,(H,18,19)/b7-2+. The van der Waals surface area contributed by atoms with Crippen LogP contribution in [0.1, 0.15) is 5.56 Å². The highest BCUT2D eigenvalue weighted by atomic mass is 79.9. The summed E-state index contributed by atoms with van der Waals surface area (Å²) >= 11 is 4.82. The average molecular weight is 350 g/mol. The van der Waals surface area contributed by atoms with Gasteiger partial charge in [0.05, 0.1) is 0 Å². The summed E-state index contributed by atoms with van der Waals surface area (Å²) in [5, 5.41) is 3.48. The van der Waals surface area contributed by atoms with Gasteiger partial charge in [-0.15, -0.1) is 0 Å². The highest BCUT2D eigenvalue weighted by Gasteiger charge is 1.98. The maximum atomic E-state index is 11.7. The van der Waals surface area contributed by atoms with E-state index in [1.807, 2.05) is 30.5 Å². The van der Waals surface area contributed by atoms with E-state index in [2.05, 4.69) is 31.2 Å². The summed E-state index contributed by atoms with van der Waals surface area (Å²) in [5.74, 6) is -0.193. The Labute approximate surface area is 129 Å². The van der Waals surface area contributed by atoms with Crippen LogP contribution in [0.4, 0.5) is 5.69 Å². The Kier molecular flexibility index (Phi) is 5.31. The lowest BCUT2D eigenvalue weighted by molar-refractivity contribution is -0.111. The molecule has 0 aliphatic carbocycles. The van der Waals surface area contributed by atoms with Crippen LogP contribution in [0, 0.1) is 0 Å². The summed E-state index contributed by atoms with van der Waals surface area (Å²) in [5.41, 5.74) is 1.53. The first-order valence-electron chi connectivity index (χ1n) is 5.78. The first-order chi connectivity index (χ1) is 9.67. The van der Waals surface area contributed by atoms with Crippen molar-refractivity contribution in [3.63, 3.8) is 0 Å². The van der Waals surface area contributed by atoms with Crippen LogP contribution in [-0.2, 0) is 4.79 Å². The highest BCUT2D eigenvalue weighted by Crippen LogP contribution is 2.14. The van der Waals surface area contributed by atoms with Gasteiger partial charge in [-0.05, 0) is 36.6 Å². The molecule has 0 bridgehead atoms. The summed E-state index contributed by atoms with van der Waals surface area (Å²) < 4.78 is 0.970. The molecule has 102 valence electrons. The number of nitrogens with zero attached hydrogens (tertiary/aromatic N) is 2. The Morgan fingerprint density at radius 3 is 2.50 bits per heavy atom. The number of hydrogen-bond donors (Lipinski definition) is 1. The predicted molar refractivity (Wildman–Crippen MR) is 85.6 cm³/mol. The Hall–Kier alpha value is -1.66. The number of halogens is 1. The van der Waals surface area contributed by atoms with Gasteiger partial charge in [-0.2, -0.15) is 0 Å². The van der Waals surface area contributed by atoms with Gasteiger partial charge in [-0.3, -0.25) is 4.79 Å². The number of benzene rings is 1. The summed E-state index contributed by atoms with van der Waals surface area (Å²) in [4.78, 5) is 20.0. The van der Waals surface area contributed by atoms with Crippen LogP contribution in [0.3, 0.4) is 0 Å². The lowest BCUT2D eigenvalue weighted by atomic mass is 10.3. The fourth-order valence-electron chi connectivity index (χ4n) is 1.41. The van der Waals surface area contributed by atoms with Crippen molar-refractivity contribution in [1.29, 1.82) is 0 Å². The number of aromatic nitrogens is 2. The molecule has 20 heavy (non-hydrogen) atoms. The van der Waals surface area contributed by atoms with Crippen molar-refractivity contribution in [3.8, 4) is 0 Å². The van der Waals surface area contributed by atoms with Gasteiger partial charge >= 0.3 is 0 Å². The molecular weight excluding hydrogens is 338 g/mol. The monoisotopic (exact) mass is 349 g/mol. The molecule has 0 saturated carbocycles. The molecule has 4 nitrogen and oxygen atoms in total. The molecule has 1 aromatic heterocycles. The summed E-state index contributed by atoms with van der Waals surface area (Å²) in [6.45, 7) is 0. The minimum atomic E-state index is -0.193. The zero-order valence-corrected chi connectivity index (χ0v) is 13.1. The second-order valence-corrected chi connectivity index (χ2v) is 5.52. The molecule has 6 heteroatoms. The second kappa shape index (κ2) is 7.21. The molecular formula is C14H12BrN3OS. The van der Waals surface area contributed by atoms with E-state index < -0.39 is 0 Å². The molecule has 1 N–H and O–H groups in total. The molecule has 2 rings (SSSR count). The molecule has 1 aromatic carbocycles. The fraction of sp³-hybridized carbons (Fsp3) is 0.0714. The molecule has 0 radical (unpaired) electrons. The lowest BCUT2D eigenvalue weighted by Gasteiger charge is -2.01. The number of thioether (sulfide) groups is 1. The zero-order chi connectivity index (χ0) is 14.4. The van der Waals surface area contributed by atoms with Crippen molar-refractivity contribution in [2.24, 2.45) is 0 Å². The number of nitrogens with one attached hydrogen (secondary N) is 1. The molecule has 0 atom stereocenters. The predicted octanol–water partition coefficient (Wildman–Crippen LogP) is 3.61. The first-order valence-corrected chi connectivity index (χ1v) is 7.80. The zero-order valence-electron chi connectivity index (χ0n) is 10.7.